The van der Waals surface area contributed by atoms with Gasteiger partial charge in [0.1, 0.15) is 17.0 Å². The van der Waals surface area contributed by atoms with Crippen molar-refractivity contribution in [1.29, 1.82) is 0 Å². The van der Waals surface area contributed by atoms with E-state index in [2.05, 4.69) is 16.6 Å². The summed E-state index contributed by atoms with van der Waals surface area (Å²) in [6.45, 7) is 0. The first-order valence-corrected chi connectivity index (χ1v) is 13.7. The van der Waals surface area contributed by atoms with E-state index in [1.165, 1.54) is 18.6 Å². The van der Waals surface area contributed by atoms with Crippen molar-refractivity contribution in [2.24, 2.45) is 0 Å². The maximum Gasteiger partial charge on any atom is 0.238 e. The van der Waals surface area contributed by atoms with Crippen LogP contribution in [0, 0.1) is 18.2 Å². The molecule has 7 heteroatoms. The lowest BCUT2D eigenvalue weighted by Crippen LogP contribution is -2.57. The summed E-state index contributed by atoms with van der Waals surface area (Å²) < 4.78 is 21.1. The van der Waals surface area contributed by atoms with E-state index in [-0.39, 0.29) is 24.3 Å². The van der Waals surface area contributed by atoms with Crippen molar-refractivity contribution in [3.05, 3.63) is 93.8 Å². The Morgan fingerprint density at radius 1 is 1.03 bits per heavy atom. The zero-order chi connectivity index (χ0) is 27.1. The lowest BCUT2D eigenvalue weighted by molar-refractivity contribution is -0.131. The van der Waals surface area contributed by atoms with Crippen molar-refractivity contribution in [1.82, 2.24) is 5.32 Å². The van der Waals surface area contributed by atoms with E-state index < -0.39 is 23.2 Å². The van der Waals surface area contributed by atoms with Crippen molar-refractivity contribution in [2.45, 2.75) is 62.0 Å². The summed E-state index contributed by atoms with van der Waals surface area (Å²) in [6, 6.07) is 16.0. The van der Waals surface area contributed by atoms with Crippen LogP contribution in [0.3, 0.4) is 0 Å². The highest BCUT2D eigenvalue weighted by molar-refractivity contribution is 6.31. The number of carbonyl (C=O) groups is 2. The Bertz CT molecular complexity index is 1510. The number of amides is 2. The number of hydrogen-bond acceptors (Lipinski definition) is 3. The van der Waals surface area contributed by atoms with Gasteiger partial charge < -0.3 is 15.4 Å². The molecular weight excluding hydrogens is 515 g/mol. The fourth-order valence-corrected chi connectivity index (χ4v) is 6.78. The number of halogens is 2. The van der Waals surface area contributed by atoms with E-state index in [0.717, 1.165) is 25.7 Å². The zero-order valence-electron chi connectivity index (χ0n) is 21.3. The second kappa shape index (κ2) is 10.1. The minimum atomic E-state index is -1.31. The molecule has 5 nitrogen and oxygen atoms in total. The lowest BCUT2D eigenvalue weighted by atomic mass is 9.59. The third kappa shape index (κ3) is 4.35. The summed E-state index contributed by atoms with van der Waals surface area (Å²) in [5.41, 5.74) is 1.75. The summed E-state index contributed by atoms with van der Waals surface area (Å²) in [5.74, 6) is 1.63. The number of benzene rings is 3. The number of hydrogen-bond donors (Lipinski definition) is 2. The van der Waals surface area contributed by atoms with Gasteiger partial charge in [0, 0.05) is 34.2 Å². The Morgan fingerprint density at radius 2 is 1.85 bits per heavy atom. The third-order valence-corrected chi connectivity index (χ3v) is 8.57. The predicted molar refractivity (Wildman–Crippen MR) is 148 cm³/mol. The summed E-state index contributed by atoms with van der Waals surface area (Å²) in [5, 5.41) is 6.60. The molecule has 2 heterocycles. The summed E-state index contributed by atoms with van der Waals surface area (Å²) >= 11 is 6.31. The Hall–Kier alpha value is -3.82. The van der Waals surface area contributed by atoms with Crippen LogP contribution >= 0.6 is 11.6 Å². The number of ether oxygens (including phenoxy) is 1. The van der Waals surface area contributed by atoms with E-state index in [1.807, 2.05) is 24.3 Å². The summed E-state index contributed by atoms with van der Waals surface area (Å²) in [6.07, 6.45) is 11.1. The molecule has 2 fully saturated rings. The molecule has 2 N–H and O–H groups in total. The number of terminal acetylenes is 1. The van der Waals surface area contributed by atoms with Crippen LogP contribution in [-0.4, -0.2) is 17.9 Å². The van der Waals surface area contributed by atoms with Gasteiger partial charge in [-0.2, -0.15) is 0 Å². The van der Waals surface area contributed by atoms with E-state index >= 15 is 0 Å². The van der Waals surface area contributed by atoms with Crippen molar-refractivity contribution in [3.63, 3.8) is 0 Å². The van der Waals surface area contributed by atoms with Crippen LogP contribution in [-0.2, 0) is 15.0 Å². The molecule has 3 atom stereocenters. The average molecular weight is 543 g/mol. The average Bonchev–Trinajstić information content (AvgIpc) is 3.21. The first-order valence-electron chi connectivity index (χ1n) is 13.3. The molecule has 3 aromatic carbocycles. The van der Waals surface area contributed by atoms with Gasteiger partial charge >= 0.3 is 0 Å². The number of piperidine rings is 1. The zero-order valence-corrected chi connectivity index (χ0v) is 22.1. The number of anilines is 1. The molecule has 3 aromatic rings. The van der Waals surface area contributed by atoms with Crippen molar-refractivity contribution >= 4 is 29.1 Å². The SMILES string of the molecule is C#Cc1ccc(OC2CCCCC2)c([C@H]2NC(=O)C[C@@H](c3cccc(F)c3)[C@]23C(=O)Nc2cc(Cl)ccc23)c1. The van der Waals surface area contributed by atoms with Gasteiger partial charge in [0.15, 0.2) is 0 Å². The number of nitrogens with one attached hydrogen (secondary N) is 2. The van der Waals surface area contributed by atoms with Crippen LogP contribution in [0.1, 0.15) is 72.7 Å². The first-order chi connectivity index (χ1) is 18.9. The van der Waals surface area contributed by atoms with Gasteiger partial charge in [-0.15, -0.1) is 6.42 Å². The molecule has 6 rings (SSSR count). The molecule has 2 aliphatic heterocycles. The third-order valence-electron chi connectivity index (χ3n) is 8.34. The van der Waals surface area contributed by atoms with E-state index in [9.17, 15) is 14.0 Å². The molecule has 1 aliphatic carbocycles. The highest BCUT2D eigenvalue weighted by atomic mass is 35.5. The van der Waals surface area contributed by atoms with Crippen LogP contribution in [0.2, 0.25) is 5.02 Å². The van der Waals surface area contributed by atoms with Crippen molar-refractivity contribution in [3.8, 4) is 18.1 Å². The fourth-order valence-electron chi connectivity index (χ4n) is 6.60. The Morgan fingerprint density at radius 3 is 2.62 bits per heavy atom. The minimum absolute atomic E-state index is 0.00306. The predicted octanol–water partition coefficient (Wildman–Crippen LogP) is 6.41. The number of rotatable bonds is 4. The normalized spacial score (nSPS) is 24.5. The molecule has 0 aromatic heterocycles. The molecule has 0 unspecified atom stereocenters. The molecule has 2 amide bonds. The maximum atomic E-state index is 14.5. The van der Waals surface area contributed by atoms with Gasteiger partial charge in [-0.3, -0.25) is 9.59 Å². The molecule has 39 heavy (non-hydrogen) atoms. The fraction of sp³-hybridized carbons (Fsp3) is 0.312. The Kier molecular flexibility index (Phi) is 6.56. The standard InChI is InChI=1S/C32H28ClFN2O3/c1-2-19-11-14-28(39-23-9-4-3-5-10-23)24(15-19)30-32(25-13-12-21(33)17-27(25)35-31(32)38)26(18-29(37)36-30)20-7-6-8-22(34)16-20/h1,6-8,11-17,23,26,30H,3-5,9-10,18H2,(H,35,38)(H,36,37)/t26-,30+,32-/m0/s1. The summed E-state index contributed by atoms with van der Waals surface area (Å²) in [7, 11) is 0. The number of carbonyl (C=O) groups excluding carboxylic acids is 2. The van der Waals surface area contributed by atoms with Gasteiger partial charge in [0.25, 0.3) is 0 Å². The Labute approximate surface area is 232 Å². The van der Waals surface area contributed by atoms with Crippen LogP contribution in [0.4, 0.5) is 10.1 Å². The second-order valence-electron chi connectivity index (χ2n) is 10.6. The van der Waals surface area contributed by atoms with E-state index in [4.69, 9.17) is 22.8 Å². The largest absolute Gasteiger partial charge is 0.490 e. The molecule has 1 spiro atoms. The maximum absolute atomic E-state index is 14.5. The van der Waals surface area contributed by atoms with Gasteiger partial charge in [0.05, 0.1) is 12.1 Å². The van der Waals surface area contributed by atoms with Gasteiger partial charge in [0.2, 0.25) is 11.8 Å². The molecule has 1 saturated carbocycles. The van der Waals surface area contributed by atoms with Crippen LogP contribution < -0.4 is 15.4 Å². The second-order valence-corrected chi connectivity index (χ2v) is 11.0. The minimum Gasteiger partial charge on any atom is -0.490 e. The molecular formula is C32H28ClFN2O3. The highest BCUT2D eigenvalue weighted by Gasteiger charge is 2.61. The molecule has 3 aliphatic rings. The van der Waals surface area contributed by atoms with Crippen molar-refractivity contribution in [2.75, 3.05) is 5.32 Å². The molecule has 0 bridgehead atoms. The topological polar surface area (TPSA) is 67.4 Å². The monoisotopic (exact) mass is 542 g/mol. The number of fused-ring (bicyclic) bond motifs is 2. The lowest BCUT2D eigenvalue weighted by Gasteiger charge is -2.46. The van der Waals surface area contributed by atoms with Gasteiger partial charge in [-0.1, -0.05) is 42.1 Å². The van der Waals surface area contributed by atoms with E-state index in [1.54, 1.807) is 24.3 Å². The smallest absolute Gasteiger partial charge is 0.238 e. The summed E-state index contributed by atoms with van der Waals surface area (Å²) in [4.78, 5) is 27.6. The van der Waals surface area contributed by atoms with Crippen molar-refractivity contribution < 1.29 is 18.7 Å². The molecule has 0 radical (unpaired) electrons. The van der Waals surface area contributed by atoms with Gasteiger partial charge in [-0.05, 0) is 79.3 Å². The quantitative estimate of drug-likeness (QED) is 0.374. The van der Waals surface area contributed by atoms with E-state index in [0.29, 0.717) is 38.7 Å². The Balaban J connectivity index is 1.59. The molecule has 1 saturated heterocycles. The van der Waals surface area contributed by atoms with Crippen LogP contribution in [0.15, 0.2) is 60.7 Å². The van der Waals surface area contributed by atoms with Crippen LogP contribution in [0.5, 0.6) is 5.75 Å². The highest BCUT2D eigenvalue weighted by Crippen LogP contribution is 2.58. The van der Waals surface area contributed by atoms with Crippen LogP contribution in [0.25, 0.3) is 0 Å². The first kappa shape index (κ1) is 25.5. The van der Waals surface area contributed by atoms with Gasteiger partial charge in [-0.25, -0.2) is 4.39 Å². The molecule has 198 valence electrons.